The van der Waals surface area contributed by atoms with Gasteiger partial charge in [0.2, 0.25) is 5.91 Å². The molecule has 6 nitrogen and oxygen atoms in total. The zero-order valence-electron chi connectivity index (χ0n) is 11.5. The molecule has 2 heterocycles. The highest BCUT2D eigenvalue weighted by Gasteiger charge is 2.16. The number of hydrogen-bond donors (Lipinski definition) is 2. The number of nitrogens with two attached hydrogens (primary N) is 1. The van der Waals surface area contributed by atoms with Crippen LogP contribution >= 0.6 is 0 Å². The van der Waals surface area contributed by atoms with Crippen LogP contribution < -0.4 is 11.1 Å². The zero-order chi connectivity index (χ0) is 13.7. The molecule has 3 N–H and O–H groups in total. The molecule has 19 heavy (non-hydrogen) atoms. The summed E-state index contributed by atoms with van der Waals surface area (Å²) in [4.78, 5) is 13.3. The van der Waals surface area contributed by atoms with Crippen molar-refractivity contribution < 1.29 is 4.79 Å². The maximum absolute atomic E-state index is 10.8. The van der Waals surface area contributed by atoms with Crippen LogP contribution in [0.1, 0.15) is 26.2 Å². The summed E-state index contributed by atoms with van der Waals surface area (Å²) >= 11 is 0. The lowest BCUT2D eigenvalue weighted by Crippen LogP contribution is -2.26. The first-order chi connectivity index (χ1) is 9.17. The second kappa shape index (κ2) is 6.56. The van der Waals surface area contributed by atoms with Crippen molar-refractivity contribution >= 4 is 11.6 Å². The van der Waals surface area contributed by atoms with Gasteiger partial charge in [-0.3, -0.25) is 9.48 Å². The maximum Gasteiger partial charge on any atom is 0.239 e. The number of hydrogen-bond acceptors (Lipinski definition) is 4. The standard InChI is InChI=1S/C13H23N5O/c1-2-17-6-3-4-11(5-7-17)16-12-8-15-18(9-12)10-13(14)19/h8-9,11,16H,2-7,10H2,1H3,(H2,14,19). The molecular weight excluding hydrogens is 242 g/mol. The van der Waals surface area contributed by atoms with Crippen LogP contribution in [0.25, 0.3) is 0 Å². The highest BCUT2D eigenvalue weighted by atomic mass is 16.1. The number of rotatable bonds is 5. The van der Waals surface area contributed by atoms with Crippen LogP contribution in [-0.2, 0) is 11.3 Å². The van der Waals surface area contributed by atoms with E-state index < -0.39 is 0 Å². The molecule has 1 atom stereocenters. The molecular formula is C13H23N5O. The van der Waals surface area contributed by atoms with Gasteiger partial charge in [0.05, 0.1) is 11.9 Å². The third-order valence-corrected chi connectivity index (χ3v) is 3.59. The summed E-state index contributed by atoms with van der Waals surface area (Å²) in [5.74, 6) is -0.372. The fourth-order valence-corrected chi connectivity index (χ4v) is 2.54. The average Bonchev–Trinajstić information content (AvgIpc) is 2.66. The molecule has 1 saturated heterocycles. The predicted molar refractivity (Wildman–Crippen MR) is 74.8 cm³/mol. The van der Waals surface area contributed by atoms with Crippen molar-refractivity contribution in [1.82, 2.24) is 14.7 Å². The Labute approximate surface area is 113 Å². The molecule has 1 fully saturated rings. The number of likely N-dealkylation sites (tertiary alicyclic amines) is 1. The summed E-state index contributed by atoms with van der Waals surface area (Å²) in [5.41, 5.74) is 6.11. The Bertz CT molecular complexity index is 417. The number of carbonyl (C=O) groups is 1. The minimum Gasteiger partial charge on any atom is -0.380 e. The number of amides is 1. The van der Waals surface area contributed by atoms with Crippen molar-refractivity contribution in [2.24, 2.45) is 5.73 Å². The van der Waals surface area contributed by atoms with E-state index in [2.05, 4.69) is 22.2 Å². The molecule has 0 bridgehead atoms. The first-order valence-electron chi connectivity index (χ1n) is 6.97. The lowest BCUT2D eigenvalue weighted by Gasteiger charge is -2.18. The number of anilines is 1. The van der Waals surface area contributed by atoms with Crippen molar-refractivity contribution in [3.05, 3.63) is 12.4 Å². The van der Waals surface area contributed by atoms with Crippen LogP contribution in [0, 0.1) is 0 Å². The van der Waals surface area contributed by atoms with Gasteiger partial charge in [0.15, 0.2) is 0 Å². The lowest BCUT2D eigenvalue weighted by atomic mass is 10.1. The third-order valence-electron chi connectivity index (χ3n) is 3.59. The smallest absolute Gasteiger partial charge is 0.239 e. The first-order valence-corrected chi connectivity index (χ1v) is 6.97. The van der Waals surface area contributed by atoms with Gasteiger partial charge in [-0.2, -0.15) is 5.10 Å². The first kappa shape index (κ1) is 13.9. The summed E-state index contributed by atoms with van der Waals surface area (Å²) in [6, 6.07) is 0.489. The van der Waals surface area contributed by atoms with Crippen molar-refractivity contribution in [3.63, 3.8) is 0 Å². The quantitative estimate of drug-likeness (QED) is 0.820. The van der Waals surface area contributed by atoms with E-state index in [4.69, 9.17) is 5.73 Å². The van der Waals surface area contributed by atoms with E-state index in [1.165, 1.54) is 19.4 Å². The molecule has 1 aromatic rings. The number of carbonyl (C=O) groups excluding carboxylic acids is 1. The molecule has 6 heteroatoms. The van der Waals surface area contributed by atoms with Crippen LogP contribution in [0.15, 0.2) is 12.4 Å². The van der Waals surface area contributed by atoms with Gasteiger partial charge >= 0.3 is 0 Å². The SMILES string of the molecule is CCN1CCCC(Nc2cnn(CC(N)=O)c2)CC1. The fourth-order valence-electron chi connectivity index (χ4n) is 2.54. The highest BCUT2D eigenvalue weighted by molar-refractivity contribution is 5.73. The normalized spacial score (nSPS) is 21.0. The van der Waals surface area contributed by atoms with Crippen LogP contribution in [-0.4, -0.2) is 46.3 Å². The molecule has 1 aliphatic heterocycles. The molecule has 1 amide bonds. The van der Waals surface area contributed by atoms with Gasteiger partial charge in [-0.1, -0.05) is 6.92 Å². The van der Waals surface area contributed by atoms with E-state index in [-0.39, 0.29) is 12.5 Å². The molecule has 0 spiro atoms. The highest BCUT2D eigenvalue weighted by Crippen LogP contribution is 2.16. The van der Waals surface area contributed by atoms with Gasteiger partial charge in [-0.25, -0.2) is 0 Å². The van der Waals surface area contributed by atoms with Crippen LogP contribution in [0.3, 0.4) is 0 Å². The van der Waals surface area contributed by atoms with Crippen LogP contribution in [0.5, 0.6) is 0 Å². The molecule has 0 aliphatic carbocycles. The average molecular weight is 265 g/mol. The summed E-state index contributed by atoms with van der Waals surface area (Å²) in [6.07, 6.45) is 7.14. The van der Waals surface area contributed by atoms with Crippen LogP contribution in [0.4, 0.5) is 5.69 Å². The molecule has 2 rings (SSSR count). The maximum atomic E-state index is 10.8. The van der Waals surface area contributed by atoms with Crippen molar-refractivity contribution in [2.75, 3.05) is 25.0 Å². The van der Waals surface area contributed by atoms with E-state index in [1.54, 1.807) is 10.9 Å². The third kappa shape index (κ3) is 4.24. The topological polar surface area (TPSA) is 76.2 Å². The van der Waals surface area contributed by atoms with E-state index >= 15 is 0 Å². The van der Waals surface area contributed by atoms with E-state index in [0.717, 1.165) is 25.2 Å². The van der Waals surface area contributed by atoms with Gasteiger partial charge in [0.1, 0.15) is 6.54 Å². The molecule has 1 aliphatic rings. The van der Waals surface area contributed by atoms with Gasteiger partial charge in [0.25, 0.3) is 0 Å². The van der Waals surface area contributed by atoms with Gasteiger partial charge < -0.3 is 16.0 Å². The Morgan fingerprint density at radius 2 is 2.37 bits per heavy atom. The molecule has 106 valence electrons. The summed E-state index contributed by atoms with van der Waals surface area (Å²) in [6.45, 7) is 5.81. The van der Waals surface area contributed by atoms with Crippen LogP contribution in [0.2, 0.25) is 0 Å². The van der Waals surface area contributed by atoms with Crippen molar-refractivity contribution in [1.29, 1.82) is 0 Å². The zero-order valence-corrected chi connectivity index (χ0v) is 11.5. The molecule has 0 aromatic carbocycles. The van der Waals surface area contributed by atoms with E-state index in [0.29, 0.717) is 6.04 Å². The largest absolute Gasteiger partial charge is 0.380 e. The Hall–Kier alpha value is -1.56. The summed E-state index contributed by atoms with van der Waals surface area (Å²) in [5, 5.41) is 7.62. The second-order valence-electron chi connectivity index (χ2n) is 5.10. The lowest BCUT2D eigenvalue weighted by molar-refractivity contribution is -0.118. The fraction of sp³-hybridized carbons (Fsp3) is 0.692. The Kier molecular flexibility index (Phi) is 4.79. The Balaban J connectivity index is 1.86. The molecule has 0 radical (unpaired) electrons. The number of nitrogens with one attached hydrogen (secondary N) is 1. The van der Waals surface area contributed by atoms with Gasteiger partial charge in [-0.15, -0.1) is 0 Å². The van der Waals surface area contributed by atoms with Crippen molar-refractivity contribution in [2.45, 2.75) is 38.8 Å². The summed E-state index contributed by atoms with van der Waals surface area (Å²) in [7, 11) is 0. The van der Waals surface area contributed by atoms with Crippen molar-refractivity contribution in [3.8, 4) is 0 Å². The number of primary amides is 1. The predicted octanol–water partition coefficient (Wildman–Crippen LogP) is 0.655. The minimum atomic E-state index is -0.372. The number of aromatic nitrogens is 2. The molecule has 1 aromatic heterocycles. The minimum absolute atomic E-state index is 0.135. The molecule has 0 saturated carbocycles. The van der Waals surface area contributed by atoms with Gasteiger partial charge in [0, 0.05) is 18.8 Å². The summed E-state index contributed by atoms with van der Waals surface area (Å²) < 4.78 is 1.57. The number of nitrogens with zero attached hydrogens (tertiary/aromatic N) is 3. The van der Waals surface area contributed by atoms with E-state index in [1.807, 2.05) is 6.20 Å². The molecule has 1 unspecified atom stereocenters. The Morgan fingerprint density at radius 1 is 1.53 bits per heavy atom. The Morgan fingerprint density at radius 3 is 3.11 bits per heavy atom. The van der Waals surface area contributed by atoms with Gasteiger partial charge in [-0.05, 0) is 32.4 Å². The monoisotopic (exact) mass is 265 g/mol. The van der Waals surface area contributed by atoms with E-state index in [9.17, 15) is 4.79 Å². The second-order valence-corrected chi connectivity index (χ2v) is 5.10.